The van der Waals surface area contributed by atoms with Crippen LogP contribution in [0.15, 0.2) is 18.2 Å². The fourth-order valence-corrected chi connectivity index (χ4v) is 1.79. The predicted molar refractivity (Wildman–Crippen MR) is 70.9 cm³/mol. The van der Waals surface area contributed by atoms with E-state index in [0.717, 1.165) is 13.0 Å². The van der Waals surface area contributed by atoms with E-state index in [9.17, 15) is 10.1 Å². The number of rotatable bonds is 8. The third-order valence-corrected chi connectivity index (χ3v) is 2.79. The summed E-state index contributed by atoms with van der Waals surface area (Å²) < 4.78 is 5.20. The lowest BCUT2D eigenvalue weighted by Crippen LogP contribution is -2.17. The molecule has 0 saturated carbocycles. The van der Waals surface area contributed by atoms with Gasteiger partial charge in [-0.2, -0.15) is 0 Å². The molecule has 0 fully saturated rings. The van der Waals surface area contributed by atoms with Crippen molar-refractivity contribution < 1.29 is 9.66 Å². The smallest absolute Gasteiger partial charge is 0.275 e. The second-order valence-electron chi connectivity index (χ2n) is 3.72. The molecule has 0 bridgehead atoms. The highest BCUT2D eigenvalue weighted by atomic mass is 35.5. The average Bonchev–Trinajstić information content (AvgIpc) is 2.34. The number of nitrogens with one attached hydrogen (secondary N) is 1. The fourth-order valence-electron chi connectivity index (χ4n) is 1.55. The van der Waals surface area contributed by atoms with Gasteiger partial charge >= 0.3 is 0 Å². The van der Waals surface area contributed by atoms with Crippen LogP contribution in [0, 0.1) is 10.1 Å². The first-order chi connectivity index (χ1) is 8.66. The Morgan fingerprint density at radius 1 is 1.50 bits per heavy atom. The van der Waals surface area contributed by atoms with Crippen molar-refractivity contribution in [3.05, 3.63) is 38.9 Å². The van der Waals surface area contributed by atoms with Gasteiger partial charge in [-0.1, -0.05) is 17.7 Å². The van der Waals surface area contributed by atoms with E-state index in [-0.39, 0.29) is 5.69 Å². The van der Waals surface area contributed by atoms with Crippen molar-refractivity contribution in [1.82, 2.24) is 5.32 Å². The molecule has 1 aromatic rings. The molecule has 0 heterocycles. The SMILES string of the molecule is CCOCCCNCc1c(Cl)cccc1[N+](=O)[O-]. The van der Waals surface area contributed by atoms with Gasteiger partial charge in [0.15, 0.2) is 0 Å². The second kappa shape index (κ2) is 8.02. The van der Waals surface area contributed by atoms with Crippen LogP contribution >= 0.6 is 11.6 Å². The van der Waals surface area contributed by atoms with Crippen molar-refractivity contribution >= 4 is 17.3 Å². The first kappa shape index (κ1) is 14.9. The molecule has 0 aliphatic rings. The zero-order valence-electron chi connectivity index (χ0n) is 10.3. The van der Waals surface area contributed by atoms with E-state index >= 15 is 0 Å². The molecule has 0 saturated heterocycles. The largest absolute Gasteiger partial charge is 0.382 e. The van der Waals surface area contributed by atoms with Crippen LogP contribution in [0.2, 0.25) is 5.02 Å². The van der Waals surface area contributed by atoms with Gasteiger partial charge in [0.05, 0.1) is 15.5 Å². The molecule has 0 unspecified atom stereocenters. The van der Waals surface area contributed by atoms with Crippen LogP contribution in [-0.2, 0) is 11.3 Å². The highest BCUT2D eigenvalue weighted by Crippen LogP contribution is 2.25. The summed E-state index contributed by atoms with van der Waals surface area (Å²) in [5.74, 6) is 0. The lowest BCUT2D eigenvalue weighted by molar-refractivity contribution is -0.385. The molecule has 0 spiro atoms. The van der Waals surface area contributed by atoms with Gasteiger partial charge in [0.2, 0.25) is 0 Å². The van der Waals surface area contributed by atoms with Crippen LogP contribution in [0.4, 0.5) is 5.69 Å². The third kappa shape index (κ3) is 4.60. The summed E-state index contributed by atoms with van der Waals surface area (Å²) in [6, 6.07) is 4.70. The van der Waals surface area contributed by atoms with E-state index < -0.39 is 4.92 Å². The first-order valence-corrected chi connectivity index (χ1v) is 6.24. The van der Waals surface area contributed by atoms with Crippen LogP contribution in [0.25, 0.3) is 0 Å². The molecule has 100 valence electrons. The summed E-state index contributed by atoms with van der Waals surface area (Å²) in [5.41, 5.74) is 0.584. The number of benzene rings is 1. The topological polar surface area (TPSA) is 64.4 Å². The Morgan fingerprint density at radius 2 is 2.28 bits per heavy atom. The molecule has 6 heteroatoms. The van der Waals surface area contributed by atoms with Gasteiger partial charge in [0, 0.05) is 25.8 Å². The molecule has 0 aliphatic carbocycles. The minimum atomic E-state index is -0.414. The minimum absolute atomic E-state index is 0.0554. The van der Waals surface area contributed by atoms with E-state index in [1.807, 2.05) is 6.92 Å². The summed E-state index contributed by atoms with van der Waals surface area (Å²) >= 11 is 5.97. The number of hydrogen-bond acceptors (Lipinski definition) is 4. The van der Waals surface area contributed by atoms with Gasteiger partial charge in [-0.3, -0.25) is 10.1 Å². The lowest BCUT2D eigenvalue weighted by Gasteiger charge is -2.07. The molecule has 18 heavy (non-hydrogen) atoms. The lowest BCUT2D eigenvalue weighted by atomic mass is 10.2. The molecule has 5 nitrogen and oxygen atoms in total. The molecule has 0 amide bonds. The maximum atomic E-state index is 10.8. The van der Waals surface area contributed by atoms with Gasteiger partial charge in [-0.05, 0) is 26.0 Å². The van der Waals surface area contributed by atoms with Crippen molar-refractivity contribution in [3.63, 3.8) is 0 Å². The zero-order chi connectivity index (χ0) is 13.4. The Labute approximate surface area is 111 Å². The number of nitrogens with zero attached hydrogens (tertiary/aromatic N) is 1. The average molecular weight is 273 g/mol. The monoisotopic (exact) mass is 272 g/mol. The maximum absolute atomic E-state index is 10.8. The van der Waals surface area contributed by atoms with E-state index in [1.165, 1.54) is 6.07 Å². The standard InChI is InChI=1S/C12H17ClN2O3/c1-2-18-8-4-7-14-9-10-11(13)5-3-6-12(10)15(16)17/h3,5-6,14H,2,4,7-9H2,1H3. The molecule has 0 aromatic heterocycles. The molecule has 1 aromatic carbocycles. The number of nitro benzene ring substituents is 1. The second-order valence-corrected chi connectivity index (χ2v) is 4.13. The van der Waals surface area contributed by atoms with Crippen LogP contribution in [0.3, 0.4) is 0 Å². The van der Waals surface area contributed by atoms with Gasteiger partial charge < -0.3 is 10.1 Å². The van der Waals surface area contributed by atoms with Crippen molar-refractivity contribution in [2.24, 2.45) is 0 Å². The normalized spacial score (nSPS) is 10.6. The summed E-state index contributed by atoms with van der Waals surface area (Å²) in [6.45, 7) is 4.47. The Bertz CT molecular complexity index is 399. The van der Waals surface area contributed by atoms with Crippen LogP contribution < -0.4 is 5.32 Å². The molecular weight excluding hydrogens is 256 g/mol. The van der Waals surface area contributed by atoms with Gasteiger partial charge in [0.25, 0.3) is 5.69 Å². The van der Waals surface area contributed by atoms with E-state index in [4.69, 9.17) is 16.3 Å². The summed E-state index contributed by atoms with van der Waals surface area (Å²) in [6.07, 6.45) is 0.867. The Hall–Kier alpha value is -1.17. The molecule has 1 rings (SSSR count). The third-order valence-electron chi connectivity index (χ3n) is 2.44. The minimum Gasteiger partial charge on any atom is -0.382 e. The molecule has 0 atom stereocenters. The van der Waals surface area contributed by atoms with Gasteiger partial charge in [-0.15, -0.1) is 0 Å². The molecular formula is C12H17ClN2O3. The molecule has 0 aliphatic heterocycles. The van der Waals surface area contributed by atoms with Gasteiger partial charge in [0.1, 0.15) is 0 Å². The molecule has 1 N–H and O–H groups in total. The van der Waals surface area contributed by atoms with Crippen molar-refractivity contribution in [2.45, 2.75) is 19.9 Å². The Kier molecular flexibility index (Phi) is 6.64. The fraction of sp³-hybridized carbons (Fsp3) is 0.500. The number of nitro groups is 1. The molecule has 0 radical (unpaired) electrons. The first-order valence-electron chi connectivity index (χ1n) is 5.87. The Morgan fingerprint density at radius 3 is 2.94 bits per heavy atom. The summed E-state index contributed by atoms with van der Waals surface area (Å²) in [4.78, 5) is 10.4. The van der Waals surface area contributed by atoms with E-state index in [0.29, 0.717) is 30.3 Å². The highest BCUT2D eigenvalue weighted by molar-refractivity contribution is 6.31. The van der Waals surface area contributed by atoms with Crippen molar-refractivity contribution in [3.8, 4) is 0 Å². The Balaban J connectivity index is 2.48. The van der Waals surface area contributed by atoms with E-state index in [2.05, 4.69) is 5.32 Å². The summed E-state index contributed by atoms with van der Waals surface area (Å²) in [5, 5.41) is 14.4. The zero-order valence-corrected chi connectivity index (χ0v) is 11.1. The predicted octanol–water partition coefficient (Wildman–Crippen LogP) is 2.76. The van der Waals surface area contributed by atoms with E-state index in [1.54, 1.807) is 12.1 Å². The van der Waals surface area contributed by atoms with Gasteiger partial charge in [-0.25, -0.2) is 0 Å². The van der Waals surface area contributed by atoms with Crippen molar-refractivity contribution in [2.75, 3.05) is 19.8 Å². The highest BCUT2D eigenvalue weighted by Gasteiger charge is 2.15. The number of halogens is 1. The number of hydrogen-bond donors (Lipinski definition) is 1. The van der Waals surface area contributed by atoms with Crippen molar-refractivity contribution in [1.29, 1.82) is 0 Å². The van der Waals surface area contributed by atoms with Crippen LogP contribution in [0.1, 0.15) is 18.9 Å². The quantitative estimate of drug-likeness (QED) is 0.449. The maximum Gasteiger partial charge on any atom is 0.275 e. The van der Waals surface area contributed by atoms with Crippen LogP contribution in [0.5, 0.6) is 0 Å². The van der Waals surface area contributed by atoms with Crippen LogP contribution in [-0.4, -0.2) is 24.7 Å². The summed E-state index contributed by atoms with van der Waals surface area (Å²) in [7, 11) is 0. The number of ether oxygens (including phenoxy) is 1.